The van der Waals surface area contributed by atoms with E-state index in [0.717, 1.165) is 6.07 Å². The van der Waals surface area contributed by atoms with E-state index in [0.29, 0.717) is 42.9 Å². The number of aromatic nitrogens is 5. The highest BCUT2D eigenvalue weighted by molar-refractivity contribution is 6.31. The number of nitrogen functional groups attached to an aromatic ring is 1. The molecule has 1 amide bonds. The molecule has 0 aliphatic heterocycles. The Labute approximate surface area is 201 Å². The van der Waals surface area contributed by atoms with Gasteiger partial charge in [0.15, 0.2) is 0 Å². The van der Waals surface area contributed by atoms with Crippen LogP contribution < -0.4 is 5.73 Å². The van der Waals surface area contributed by atoms with Gasteiger partial charge in [0, 0.05) is 36.4 Å². The van der Waals surface area contributed by atoms with Gasteiger partial charge in [-0.1, -0.05) is 23.7 Å². The van der Waals surface area contributed by atoms with Crippen molar-refractivity contribution in [2.75, 3.05) is 12.8 Å². The number of hydrogen-bond donors (Lipinski definition) is 1. The molecule has 2 aromatic carbocycles. The van der Waals surface area contributed by atoms with Crippen LogP contribution in [0, 0.1) is 5.82 Å². The molecule has 0 fully saturated rings. The van der Waals surface area contributed by atoms with Crippen LogP contribution >= 0.6 is 11.6 Å². The van der Waals surface area contributed by atoms with Gasteiger partial charge in [-0.15, -0.1) is 0 Å². The van der Waals surface area contributed by atoms with Gasteiger partial charge < -0.3 is 10.6 Å². The van der Waals surface area contributed by atoms with Crippen molar-refractivity contribution >= 4 is 39.9 Å². The van der Waals surface area contributed by atoms with Crippen molar-refractivity contribution in [2.45, 2.75) is 13.1 Å². The number of anilines is 1. The quantitative estimate of drug-likeness (QED) is 0.375. The molecule has 0 aliphatic rings. The highest BCUT2D eigenvalue weighted by atomic mass is 35.5. The first-order chi connectivity index (χ1) is 16.7. The van der Waals surface area contributed by atoms with E-state index < -0.39 is 18.3 Å². The average molecular weight is 500 g/mol. The van der Waals surface area contributed by atoms with Crippen LogP contribution in [0.15, 0.2) is 55.2 Å². The molecule has 35 heavy (non-hydrogen) atoms. The van der Waals surface area contributed by atoms with Crippen LogP contribution in [0.3, 0.4) is 0 Å². The molecule has 0 atom stereocenters. The van der Waals surface area contributed by atoms with Crippen molar-refractivity contribution < 1.29 is 18.0 Å². The number of alkyl halides is 2. The van der Waals surface area contributed by atoms with Crippen LogP contribution in [0.5, 0.6) is 0 Å². The smallest absolute Gasteiger partial charge is 0.333 e. The summed E-state index contributed by atoms with van der Waals surface area (Å²) in [6, 6.07) is 7.54. The maximum atomic E-state index is 14.9. The van der Waals surface area contributed by atoms with E-state index in [1.54, 1.807) is 22.6 Å². The van der Waals surface area contributed by atoms with Gasteiger partial charge in [0.05, 0.1) is 35.3 Å². The molecule has 2 N–H and O–H groups in total. The highest BCUT2D eigenvalue weighted by Crippen LogP contribution is 2.28. The molecular weight excluding hydrogens is 483 g/mol. The van der Waals surface area contributed by atoms with Gasteiger partial charge >= 0.3 is 6.55 Å². The van der Waals surface area contributed by atoms with Gasteiger partial charge in [0.2, 0.25) is 0 Å². The first-order valence-electron chi connectivity index (χ1n) is 10.3. The molecule has 0 saturated heterocycles. The Balaban J connectivity index is 1.42. The first-order valence-corrected chi connectivity index (χ1v) is 10.7. The topological polar surface area (TPSA) is 94.3 Å². The van der Waals surface area contributed by atoms with Gasteiger partial charge in [0.25, 0.3) is 5.91 Å². The molecule has 0 unspecified atom stereocenters. The normalized spacial score (nSPS) is 11.6. The van der Waals surface area contributed by atoms with Crippen molar-refractivity contribution in [1.82, 2.24) is 29.0 Å². The van der Waals surface area contributed by atoms with Gasteiger partial charge in [-0.2, -0.15) is 13.9 Å². The number of nitrogens with two attached hydrogens (primary N) is 1. The van der Waals surface area contributed by atoms with Crippen LogP contribution in [0.2, 0.25) is 5.02 Å². The van der Waals surface area contributed by atoms with Crippen LogP contribution in [-0.4, -0.2) is 42.0 Å². The molecule has 12 heteroatoms. The molecule has 0 bridgehead atoms. The summed E-state index contributed by atoms with van der Waals surface area (Å²) in [5.74, 6) is -1.10. The molecule has 0 spiro atoms. The van der Waals surface area contributed by atoms with E-state index in [4.69, 9.17) is 17.3 Å². The molecule has 5 aromatic rings. The fraction of sp³-hybridized carbons (Fsp3) is 0.130. The first kappa shape index (κ1) is 22.7. The maximum absolute atomic E-state index is 14.9. The second kappa shape index (κ2) is 8.58. The Hall–Kier alpha value is -4.12. The minimum absolute atomic E-state index is 0.0895. The van der Waals surface area contributed by atoms with Crippen LogP contribution in [0.25, 0.3) is 27.7 Å². The second-order valence-corrected chi connectivity index (χ2v) is 8.33. The Morgan fingerprint density at radius 2 is 1.97 bits per heavy atom. The molecule has 0 radical (unpaired) electrons. The van der Waals surface area contributed by atoms with Crippen molar-refractivity contribution in [1.29, 1.82) is 0 Å². The molecule has 5 rings (SSSR count). The van der Waals surface area contributed by atoms with Crippen molar-refractivity contribution in [3.8, 4) is 11.1 Å². The third kappa shape index (κ3) is 4.03. The van der Waals surface area contributed by atoms with Crippen LogP contribution in [0.4, 0.5) is 19.0 Å². The lowest BCUT2D eigenvalue weighted by molar-refractivity contribution is 0.0566. The number of amides is 1. The largest absolute Gasteiger partial charge is 0.382 e. The standard InChI is InChI=1S/C23H17ClF3N7O/c1-32(9-13-3-2-12(4-16(13)24)14-7-30-34(10-14)23(26)27)22(35)15-5-19-18(6-17(15)25)31-21(28)20-8-29-11-33(19)20/h2-8,10-11,23H,9H2,1H3,(H2,28,31). The molecule has 178 valence electrons. The number of rotatable bonds is 5. The zero-order valence-corrected chi connectivity index (χ0v) is 18.9. The van der Waals surface area contributed by atoms with E-state index in [1.165, 1.54) is 42.9 Å². The zero-order valence-electron chi connectivity index (χ0n) is 18.2. The molecule has 0 aliphatic carbocycles. The van der Waals surface area contributed by atoms with Crippen molar-refractivity contribution in [3.63, 3.8) is 0 Å². The Morgan fingerprint density at radius 1 is 1.17 bits per heavy atom. The Kier molecular flexibility index (Phi) is 5.56. The lowest BCUT2D eigenvalue weighted by Gasteiger charge is -2.19. The van der Waals surface area contributed by atoms with Crippen molar-refractivity contribution in [2.24, 2.45) is 0 Å². The zero-order chi connectivity index (χ0) is 24.9. The van der Waals surface area contributed by atoms with Crippen LogP contribution in [-0.2, 0) is 6.54 Å². The summed E-state index contributed by atoms with van der Waals surface area (Å²) in [5.41, 5.74) is 8.74. The number of nitrogens with zero attached hydrogens (tertiary/aromatic N) is 6. The molecule has 3 heterocycles. The summed E-state index contributed by atoms with van der Waals surface area (Å²) in [7, 11) is 1.52. The number of carbonyl (C=O) groups excluding carboxylic acids is 1. The number of halogens is 4. The summed E-state index contributed by atoms with van der Waals surface area (Å²) in [6.07, 6.45) is 5.57. The number of carbonyl (C=O) groups is 1. The summed E-state index contributed by atoms with van der Waals surface area (Å²) in [5, 5.41) is 3.94. The predicted octanol–water partition coefficient (Wildman–Crippen LogP) is 4.79. The minimum atomic E-state index is -2.74. The lowest BCUT2D eigenvalue weighted by Crippen LogP contribution is -2.27. The SMILES string of the molecule is CN(Cc1ccc(-c2cnn(C(F)F)c2)cc1Cl)C(=O)c1cc2c(cc1F)nc(N)c1cncn12. The highest BCUT2D eigenvalue weighted by Gasteiger charge is 2.20. The Morgan fingerprint density at radius 3 is 2.69 bits per heavy atom. The van der Waals surface area contributed by atoms with Crippen molar-refractivity contribution in [3.05, 3.63) is 77.2 Å². The van der Waals surface area contributed by atoms with E-state index in [-0.39, 0.29) is 17.9 Å². The second-order valence-electron chi connectivity index (χ2n) is 7.92. The summed E-state index contributed by atoms with van der Waals surface area (Å²) < 4.78 is 42.6. The average Bonchev–Trinajstić information content (AvgIpc) is 3.50. The molecular formula is C23H17ClF3N7O. The number of hydrogen-bond acceptors (Lipinski definition) is 5. The summed E-state index contributed by atoms with van der Waals surface area (Å²) in [4.78, 5) is 22.7. The van der Waals surface area contributed by atoms with Gasteiger partial charge in [-0.3, -0.25) is 9.20 Å². The van der Waals surface area contributed by atoms with Crippen LogP contribution in [0.1, 0.15) is 22.5 Å². The third-order valence-corrected chi connectivity index (χ3v) is 5.99. The maximum Gasteiger partial charge on any atom is 0.333 e. The monoisotopic (exact) mass is 499 g/mol. The fourth-order valence-electron chi connectivity index (χ4n) is 3.84. The Bertz CT molecular complexity index is 1600. The summed E-state index contributed by atoms with van der Waals surface area (Å²) >= 11 is 6.40. The fourth-order valence-corrected chi connectivity index (χ4v) is 4.08. The van der Waals surface area contributed by atoms with Gasteiger partial charge in [-0.25, -0.2) is 19.0 Å². The molecule has 3 aromatic heterocycles. The number of fused-ring (bicyclic) bond motifs is 3. The van der Waals surface area contributed by atoms with E-state index in [9.17, 15) is 18.0 Å². The van der Waals surface area contributed by atoms with E-state index in [1.807, 2.05) is 0 Å². The third-order valence-electron chi connectivity index (χ3n) is 5.64. The van der Waals surface area contributed by atoms with Gasteiger partial charge in [-0.05, 0) is 23.3 Å². The number of benzene rings is 2. The lowest BCUT2D eigenvalue weighted by atomic mass is 10.1. The van der Waals surface area contributed by atoms with Gasteiger partial charge in [0.1, 0.15) is 17.2 Å². The molecule has 0 saturated carbocycles. The number of imidazole rings is 1. The molecule has 8 nitrogen and oxygen atoms in total. The predicted molar refractivity (Wildman–Crippen MR) is 125 cm³/mol. The summed E-state index contributed by atoms with van der Waals surface area (Å²) in [6.45, 7) is -2.65. The van der Waals surface area contributed by atoms with E-state index in [2.05, 4.69) is 15.1 Å². The van der Waals surface area contributed by atoms with E-state index >= 15 is 0 Å². The minimum Gasteiger partial charge on any atom is -0.382 e.